The normalized spacial score (nSPS) is 14.9. The number of aryl methyl sites for hydroxylation is 1. The second-order valence-electron chi connectivity index (χ2n) is 8.96. The smallest absolute Gasteiger partial charge is 0.412 e. The van der Waals surface area contributed by atoms with Crippen molar-refractivity contribution in [2.45, 2.75) is 45.3 Å². The number of rotatable bonds is 11. The second kappa shape index (κ2) is 12.9. The Bertz CT molecular complexity index is 1170. The van der Waals surface area contributed by atoms with Gasteiger partial charge in [-0.2, -0.15) is 4.98 Å². The van der Waals surface area contributed by atoms with Gasteiger partial charge in [0.15, 0.2) is 0 Å². The van der Waals surface area contributed by atoms with Crippen LogP contribution in [-0.4, -0.2) is 49.5 Å². The third-order valence-corrected chi connectivity index (χ3v) is 6.21. The molecule has 0 unspecified atom stereocenters. The number of anilines is 4. The molecule has 0 bridgehead atoms. The third-order valence-electron chi connectivity index (χ3n) is 6.21. The Labute approximate surface area is 218 Å². The van der Waals surface area contributed by atoms with E-state index in [-0.39, 0.29) is 6.61 Å². The van der Waals surface area contributed by atoms with Gasteiger partial charge in [0.2, 0.25) is 5.95 Å². The molecule has 1 atom stereocenters. The van der Waals surface area contributed by atoms with Crippen LogP contribution in [0.25, 0.3) is 0 Å². The highest BCUT2D eigenvalue weighted by molar-refractivity contribution is 5.88. The third kappa shape index (κ3) is 7.10. The maximum atomic E-state index is 12.5. The van der Waals surface area contributed by atoms with E-state index in [2.05, 4.69) is 28.5 Å². The molecule has 37 heavy (non-hydrogen) atoms. The molecule has 4 rings (SSSR count). The van der Waals surface area contributed by atoms with Crippen LogP contribution < -0.4 is 20.3 Å². The lowest BCUT2D eigenvalue weighted by atomic mass is 10.2. The lowest BCUT2D eigenvalue weighted by Gasteiger charge is -2.26. The van der Waals surface area contributed by atoms with Crippen LogP contribution in [0.4, 0.5) is 27.9 Å². The molecule has 0 saturated carbocycles. The molecular formula is C28H35N5O4. The van der Waals surface area contributed by atoms with Crippen molar-refractivity contribution in [3.05, 3.63) is 65.9 Å². The molecule has 196 valence electrons. The number of hydrogen-bond donors (Lipinski definition) is 2. The van der Waals surface area contributed by atoms with E-state index in [1.807, 2.05) is 36.4 Å². The zero-order valence-corrected chi connectivity index (χ0v) is 21.7. The van der Waals surface area contributed by atoms with Crippen molar-refractivity contribution in [2.24, 2.45) is 0 Å². The highest BCUT2D eigenvalue weighted by Crippen LogP contribution is 2.31. The van der Waals surface area contributed by atoms with Gasteiger partial charge in [-0.25, -0.2) is 9.78 Å². The van der Waals surface area contributed by atoms with Crippen LogP contribution in [0.2, 0.25) is 0 Å². The standard InChI is InChI=1S/C28H35N5O4/c1-4-9-21-17-26(33-15-8-12-23(33)19-35-2)32-27(29-21)30-22-13-14-25(36-3)24(16-22)31-28(34)37-18-20-10-6-5-7-11-20/h5-7,10-11,13-14,16-17,23H,4,8-9,12,15,18-19H2,1-3H3,(H,31,34)(H,29,30,32)/t23-/m0/s1. The Balaban J connectivity index is 1.51. The summed E-state index contributed by atoms with van der Waals surface area (Å²) in [5.41, 5.74) is 3.09. The number of amides is 1. The minimum absolute atomic E-state index is 0.175. The number of hydrogen-bond acceptors (Lipinski definition) is 8. The molecule has 1 fully saturated rings. The van der Waals surface area contributed by atoms with Gasteiger partial charge >= 0.3 is 6.09 Å². The molecule has 1 amide bonds. The lowest BCUT2D eigenvalue weighted by Crippen LogP contribution is -2.33. The summed E-state index contributed by atoms with van der Waals surface area (Å²) < 4.78 is 16.2. The van der Waals surface area contributed by atoms with Gasteiger partial charge in [-0.15, -0.1) is 0 Å². The van der Waals surface area contributed by atoms with Crippen molar-refractivity contribution < 1.29 is 19.0 Å². The molecule has 9 nitrogen and oxygen atoms in total. The van der Waals surface area contributed by atoms with Crippen molar-refractivity contribution >= 4 is 29.2 Å². The van der Waals surface area contributed by atoms with E-state index in [9.17, 15) is 4.79 Å². The fourth-order valence-corrected chi connectivity index (χ4v) is 4.45. The minimum atomic E-state index is -0.569. The summed E-state index contributed by atoms with van der Waals surface area (Å²) >= 11 is 0. The monoisotopic (exact) mass is 505 g/mol. The van der Waals surface area contributed by atoms with Crippen LogP contribution in [0.1, 0.15) is 37.4 Å². The quantitative estimate of drug-likeness (QED) is 0.350. The van der Waals surface area contributed by atoms with Crippen molar-refractivity contribution in [1.82, 2.24) is 9.97 Å². The summed E-state index contributed by atoms with van der Waals surface area (Å²) in [7, 11) is 3.29. The van der Waals surface area contributed by atoms with Crippen molar-refractivity contribution in [3.8, 4) is 5.75 Å². The van der Waals surface area contributed by atoms with Crippen LogP contribution >= 0.6 is 0 Å². The van der Waals surface area contributed by atoms with Crippen molar-refractivity contribution in [3.63, 3.8) is 0 Å². The largest absolute Gasteiger partial charge is 0.495 e. The molecule has 3 aromatic rings. The SMILES string of the molecule is CCCc1cc(N2CCC[C@H]2COC)nc(Nc2ccc(OC)c(NC(=O)OCc3ccccc3)c2)n1. The molecule has 1 saturated heterocycles. The Morgan fingerprint density at radius 3 is 2.70 bits per heavy atom. The van der Waals surface area contributed by atoms with Gasteiger partial charge in [0, 0.05) is 31.1 Å². The minimum Gasteiger partial charge on any atom is -0.495 e. The molecule has 1 aromatic heterocycles. The number of benzene rings is 2. The lowest BCUT2D eigenvalue weighted by molar-refractivity contribution is 0.155. The number of carbonyl (C=O) groups is 1. The predicted molar refractivity (Wildman–Crippen MR) is 145 cm³/mol. The first-order valence-corrected chi connectivity index (χ1v) is 12.7. The molecule has 2 aromatic carbocycles. The Kier molecular flexibility index (Phi) is 9.15. The van der Waals surface area contributed by atoms with Gasteiger partial charge < -0.3 is 24.4 Å². The van der Waals surface area contributed by atoms with Crippen LogP contribution in [-0.2, 0) is 22.5 Å². The van der Waals surface area contributed by atoms with Crippen LogP contribution in [0, 0.1) is 0 Å². The number of aromatic nitrogens is 2. The maximum Gasteiger partial charge on any atom is 0.412 e. The molecule has 1 aliphatic heterocycles. The zero-order chi connectivity index (χ0) is 26.0. The zero-order valence-electron chi connectivity index (χ0n) is 21.7. The first kappa shape index (κ1) is 26.2. The molecule has 0 aliphatic carbocycles. The van der Waals surface area contributed by atoms with Crippen molar-refractivity contribution in [2.75, 3.05) is 42.9 Å². The number of nitrogens with one attached hydrogen (secondary N) is 2. The van der Waals surface area contributed by atoms with Crippen LogP contribution in [0.5, 0.6) is 5.75 Å². The van der Waals surface area contributed by atoms with Gasteiger partial charge in [0.05, 0.1) is 25.4 Å². The van der Waals surface area contributed by atoms with E-state index in [1.165, 1.54) is 0 Å². The first-order chi connectivity index (χ1) is 18.1. The fraction of sp³-hybridized carbons (Fsp3) is 0.393. The number of methoxy groups -OCH3 is 2. The predicted octanol–water partition coefficient (Wildman–Crippen LogP) is 5.55. The van der Waals surface area contributed by atoms with E-state index < -0.39 is 6.09 Å². The van der Waals surface area contributed by atoms with Gasteiger partial charge in [-0.05, 0) is 43.0 Å². The number of nitrogens with zero attached hydrogens (tertiary/aromatic N) is 3. The number of carbonyl (C=O) groups excluding carboxylic acids is 1. The second-order valence-corrected chi connectivity index (χ2v) is 8.96. The Morgan fingerprint density at radius 2 is 1.95 bits per heavy atom. The summed E-state index contributed by atoms with van der Waals surface area (Å²) in [5.74, 6) is 1.92. The Hall–Kier alpha value is -3.85. The van der Waals surface area contributed by atoms with Crippen molar-refractivity contribution in [1.29, 1.82) is 0 Å². The molecule has 9 heteroatoms. The van der Waals surface area contributed by atoms with Gasteiger partial charge in [0.25, 0.3) is 0 Å². The molecule has 0 radical (unpaired) electrons. The molecule has 2 N–H and O–H groups in total. The van der Waals surface area contributed by atoms with E-state index in [0.717, 1.165) is 49.3 Å². The molecule has 0 spiro atoms. The molecular weight excluding hydrogens is 470 g/mol. The maximum absolute atomic E-state index is 12.5. The molecule has 1 aliphatic rings. The molecule has 2 heterocycles. The summed E-state index contributed by atoms with van der Waals surface area (Å²) in [6.07, 6.45) is 3.46. The van der Waals surface area contributed by atoms with E-state index in [1.54, 1.807) is 26.4 Å². The first-order valence-electron chi connectivity index (χ1n) is 12.7. The summed E-state index contributed by atoms with van der Waals surface area (Å²) in [6.45, 7) is 3.92. The summed E-state index contributed by atoms with van der Waals surface area (Å²) in [4.78, 5) is 24.3. The van der Waals surface area contributed by atoms with E-state index in [4.69, 9.17) is 24.2 Å². The average molecular weight is 506 g/mol. The van der Waals surface area contributed by atoms with E-state index >= 15 is 0 Å². The van der Waals surface area contributed by atoms with E-state index in [0.29, 0.717) is 35.7 Å². The van der Waals surface area contributed by atoms with Crippen LogP contribution in [0.3, 0.4) is 0 Å². The van der Waals surface area contributed by atoms with Gasteiger partial charge in [-0.3, -0.25) is 5.32 Å². The fourth-order valence-electron chi connectivity index (χ4n) is 4.45. The summed E-state index contributed by atoms with van der Waals surface area (Å²) in [5, 5.41) is 6.08. The van der Waals surface area contributed by atoms with Gasteiger partial charge in [-0.1, -0.05) is 43.7 Å². The highest BCUT2D eigenvalue weighted by atomic mass is 16.5. The highest BCUT2D eigenvalue weighted by Gasteiger charge is 2.26. The van der Waals surface area contributed by atoms with Gasteiger partial charge in [0.1, 0.15) is 18.2 Å². The Morgan fingerprint density at radius 1 is 1.11 bits per heavy atom. The number of ether oxygens (including phenoxy) is 3. The summed E-state index contributed by atoms with van der Waals surface area (Å²) in [6, 6.07) is 17.3. The topological polar surface area (TPSA) is 97.8 Å². The average Bonchev–Trinajstić information content (AvgIpc) is 3.37. The van der Waals surface area contributed by atoms with Crippen LogP contribution in [0.15, 0.2) is 54.6 Å².